The van der Waals surface area contributed by atoms with E-state index in [9.17, 15) is 13.2 Å². The van der Waals surface area contributed by atoms with Crippen molar-refractivity contribution >= 4 is 11.3 Å². The third-order valence-corrected chi connectivity index (χ3v) is 4.12. The predicted octanol–water partition coefficient (Wildman–Crippen LogP) is 3.99. The van der Waals surface area contributed by atoms with E-state index in [1.54, 1.807) is 25.4 Å². The first kappa shape index (κ1) is 14.6. The summed E-state index contributed by atoms with van der Waals surface area (Å²) < 4.78 is 38.2. The SMILES string of the molecule is Cc1nc(-c2cccnc2)sc1-c1cc(C(F)(F)F)ncn1. The zero-order valence-electron chi connectivity index (χ0n) is 11.3. The molecule has 0 aliphatic heterocycles. The smallest absolute Gasteiger partial charge is 0.264 e. The third kappa shape index (κ3) is 2.82. The molecule has 0 fully saturated rings. The lowest BCUT2D eigenvalue weighted by atomic mass is 10.2. The van der Waals surface area contributed by atoms with Gasteiger partial charge in [-0.15, -0.1) is 11.3 Å². The molecule has 3 aromatic heterocycles. The van der Waals surface area contributed by atoms with Gasteiger partial charge in [-0.05, 0) is 25.1 Å². The Balaban J connectivity index is 2.05. The largest absolute Gasteiger partial charge is 0.433 e. The lowest BCUT2D eigenvalue weighted by molar-refractivity contribution is -0.141. The van der Waals surface area contributed by atoms with Gasteiger partial charge in [-0.25, -0.2) is 15.0 Å². The van der Waals surface area contributed by atoms with E-state index in [4.69, 9.17) is 0 Å². The van der Waals surface area contributed by atoms with Crippen LogP contribution in [0.3, 0.4) is 0 Å². The van der Waals surface area contributed by atoms with Gasteiger partial charge >= 0.3 is 6.18 Å². The van der Waals surface area contributed by atoms with Crippen LogP contribution in [0.4, 0.5) is 13.2 Å². The minimum atomic E-state index is -4.50. The van der Waals surface area contributed by atoms with E-state index in [0.717, 1.165) is 18.0 Å². The average molecular weight is 322 g/mol. The van der Waals surface area contributed by atoms with Crippen molar-refractivity contribution in [3.8, 4) is 21.1 Å². The Labute approximate surface area is 127 Å². The van der Waals surface area contributed by atoms with Crippen LogP contribution >= 0.6 is 11.3 Å². The zero-order valence-corrected chi connectivity index (χ0v) is 12.1. The molecule has 3 rings (SSSR count). The van der Waals surface area contributed by atoms with Crippen LogP contribution in [-0.2, 0) is 6.18 Å². The molecular weight excluding hydrogens is 313 g/mol. The van der Waals surface area contributed by atoms with E-state index >= 15 is 0 Å². The Morgan fingerprint density at radius 3 is 2.68 bits per heavy atom. The highest BCUT2D eigenvalue weighted by atomic mass is 32.1. The number of hydrogen-bond donors (Lipinski definition) is 0. The van der Waals surface area contributed by atoms with Gasteiger partial charge in [0.05, 0.1) is 16.3 Å². The number of thiazole rings is 1. The molecule has 8 heteroatoms. The van der Waals surface area contributed by atoms with Crippen LogP contribution in [0.5, 0.6) is 0 Å². The quantitative estimate of drug-likeness (QED) is 0.716. The first-order valence-corrected chi connectivity index (χ1v) is 7.04. The summed E-state index contributed by atoms with van der Waals surface area (Å²) >= 11 is 1.28. The van der Waals surface area contributed by atoms with Crippen molar-refractivity contribution in [1.29, 1.82) is 0 Å². The number of halogens is 3. The van der Waals surface area contributed by atoms with Crippen molar-refractivity contribution in [2.75, 3.05) is 0 Å². The number of nitrogens with zero attached hydrogens (tertiary/aromatic N) is 4. The van der Waals surface area contributed by atoms with E-state index < -0.39 is 11.9 Å². The average Bonchev–Trinajstić information content (AvgIpc) is 2.89. The fourth-order valence-corrected chi connectivity index (χ4v) is 2.91. The molecular formula is C14H9F3N4S. The van der Waals surface area contributed by atoms with Crippen LogP contribution in [0.2, 0.25) is 0 Å². The van der Waals surface area contributed by atoms with Crippen molar-refractivity contribution in [2.24, 2.45) is 0 Å². The Kier molecular flexibility index (Phi) is 3.61. The molecule has 0 saturated carbocycles. The molecule has 0 spiro atoms. The molecule has 3 heterocycles. The van der Waals surface area contributed by atoms with Crippen LogP contribution < -0.4 is 0 Å². The molecule has 0 aromatic carbocycles. The minimum Gasteiger partial charge on any atom is -0.264 e. The Morgan fingerprint density at radius 2 is 2.00 bits per heavy atom. The lowest BCUT2D eigenvalue weighted by Gasteiger charge is -2.06. The van der Waals surface area contributed by atoms with Crippen LogP contribution in [0, 0.1) is 6.92 Å². The monoisotopic (exact) mass is 322 g/mol. The third-order valence-electron chi connectivity index (χ3n) is 2.90. The molecule has 3 aromatic rings. The fourth-order valence-electron chi connectivity index (χ4n) is 1.88. The van der Waals surface area contributed by atoms with Crippen LogP contribution in [0.25, 0.3) is 21.1 Å². The number of aryl methyl sites for hydroxylation is 1. The second-order valence-electron chi connectivity index (χ2n) is 4.46. The summed E-state index contributed by atoms with van der Waals surface area (Å²) in [4.78, 5) is 16.2. The summed E-state index contributed by atoms with van der Waals surface area (Å²) in [6.45, 7) is 1.74. The number of hydrogen-bond acceptors (Lipinski definition) is 5. The van der Waals surface area contributed by atoms with Crippen LogP contribution in [0.1, 0.15) is 11.4 Å². The van der Waals surface area contributed by atoms with E-state index in [-0.39, 0.29) is 5.69 Å². The lowest BCUT2D eigenvalue weighted by Crippen LogP contribution is -2.08. The summed E-state index contributed by atoms with van der Waals surface area (Å²) in [6, 6.07) is 4.56. The molecule has 0 aliphatic rings. The van der Waals surface area contributed by atoms with Crippen LogP contribution in [-0.4, -0.2) is 19.9 Å². The summed E-state index contributed by atoms with van der Waals surface area (Å²) in [7, 11) is 0. The molecule has 112 valence electrons. The van der Waals surface area contributed by atoms with Gasteiger partial charge in [0.1, 0.15) is 17.0 Å². The zero-order chi connectivity index (χ0) is 15.7. The first-order chi connectivity index (χ1) is 10.4. The highest BCUT2D eigenvalue weighted by molar-refractivity contribution is 7.18. The molecule has 0 unspecified atom stereocenters. The molecule has 0 bridgehead atoms. The summed E-state index contributed by atoms with van der Waals surface area (Å²) in [5.74, 6) is 0. The summed E-state index contributed by atoms with van der Waals surface area (Å²) in [5, 5.41) is 0.688. The molecule has 0 saturated heterocycles. The van der Waals surface area contributed by atoms with Gasteiger partial charge in [0.2, 0.25) is 0 Å². The Hall–Kier alpha value is -2.35. The standard InChI is InChI=1S/C14H9F3N4S/c1-8-12(10-5-11(14(15,16)17)20-7-19-10)22-13(21-8)9-3-2-4-18-6-9/h2-7H,1H3. The van der Waals surface area contributed by atoms with E-state index in [2.05, 4.69) is 19.9 Å². The minimum absolute atomic E-state index is 0.215. The normalized spacial score (nSPS) is 11.6. The highest BCUT2D eigenvalue weighted by Crippen LogP contribution is 2.35. The molecule has 0 radical (unpaired) electrons. The van der Waals surface area contributed by atoms with Crippen molar-refractivity contribution in [3.05, 3.63) is 48.3 Å². The maximum absolute atomic E-state index is 12.7. The van der Waals surface area contributed by atoms with Crippen molar-refractivity contribution < 1.29 is 13.2 Å². The number of rotatable bonds is 2. The Bertz CT molecular complexity index is 799. The van der Waals surface area contributed by atoms with Gasteiger partial charge in [0.25, 0.3) is 0 Å². The Morgan fingerprint density at radius 1 is 1.18 bits per heavy atom. The maximum Gasteiger partial charge on any atom is 0.433 e. The second kappa shape index (κ2) is 5.45. The predicted molar refractivity (Wildman–Crippen MR) is 76.1 cm³/mol. The van der Waals surface area contributed by atoms with E-state index in [0.29, 0.717) is 15.6 Å². The molecule has 4 nitrogen and oxygen atoms in total. The van der Waals surface area contributed by atoms with Gasteiger partial charge in [0.15, 0.2) is 0 Å². The topological polar surface area (TPSA) is 51.6 Å². The molecule has 22 heavy (non-hydrogen) atoms. The molecule has 0 amide bonds. The second-order valence-corrected chi connectivity index (χ2v) is 5.46. The molecule has 0 N–H and O–H groups in total. The fraction of sp³-hybridized carbons (Fsp3) is 0.143. The first-order valence-electron chi connectivity index (χ1n) is 6.22. The summed E-state index contributed by atoms with van der Waals surface area (Å²) in [5.41, 5.74) is 0.684. The number of alkyl halides is 3. The summed E-state index contributed by atoms with van der Waals surface area (Å²) in [6.07, 6.45) is -0.280. The van der Waals surface area contributed by atoms with Crippen molar-refractivity contribution in [1.82, 2.24) is 19.9 Å². The van der Waals surface area contributed by atoms with Gasteiger partial charge in [0, 0.05) is 18.0 Å². The van der Waals surface area contributed by atoms with Gasteiger partial charge in [-0.2, -0.15) is 13.2 Å². The highest BCUT2D eigenvalue weighted by Gasteiger charge is 2.33. The van der Waals surface area contributed by atoms with E-state index in [1.165, 1.54) is 11.3 Å². The van der Waals surface area contributed by atoms with E-state index in [1.807, 2.05) is 6.07 Å². The van der Waals surface area contributed by atoms with Crippen LogP contribution in [0.15, 0.2) is 36.9 Å². The number of pyridine rings is 1. The van der Waals surface area contributed by atoms with Gasteiger partial charge in [-0.1, -0.05) is 0 Å². The number of aromatic nitrogens is 4. The molecule has 0 atom stereocenters. The molecule has 0 aliphatic carbocycles. The maximum atomic E-state index is 12.7. The van der Waals surface area contributed by atoms with Gasteiger partial charge in [-0.3, -0.25) is 4.98 Å². The van der Waals surface area contributed by atoms with Gasteiger partial charge < -0.3 is 0 Å². The van der Waals surface area contributed by atoms with Crippen molar-refractivity contribution in [3.63, 3.8) is 0 Å². The van der Waals surface area contributed by atoms with Crippen molar-refractivity contribution in [2.45, 2.75) is 13.1 Å².